The molecule has 3 nitrogen and oxygen atoms in total. The van der Waals surface area contributed by atoms with Crippen molar-refractivity contribution in [3.63, 3.8) is 0 Å². The normalized spacial score (nSPS) is 28.9. The first-order valence-corrected chi connectivity index (χ1v) is 8.24. The zero-order valence-corrected chi connectivity index (χ0v) is 12.9. The van der Waals surface area contributed by atoms with Crippen LogP contribution in [0.4, 0.5) is 0 Å². The van der Waals surface area contributed by atoms with Gasteiger partial charge in [-0.15, -0.1) is 0 Å². The summed E-state index contributed by atoms with van der Waals surface area (Å²) in [5.74, 6) is 0.922. The van der Waals surface area contributed by atoms with Crippen molar-refractivity contribution in [3.05, 3.63) is 0 Å². The summed E-state index contributed by atoms with van der Waals surface area (Å²) in [6.07, 6.45) is 9.57. The van der Waals surface area contributed by atoms with Crippen LogP contribution in [0.1, 0.15) is 58.8 Å². The van der Waals surface area contributed by atoms with Crippen molar-refractivity contribution in [3.8, 4) is 0 Å². The molecule has 1 aliphatic heterocycles. The summed E-state index contributed by atoms with van der Waals surface area (Å²) in [4.78, 5) is 2.62. The smallest absolute Gasteiger partial charge is 0.0702 e. The minimum absolute atomic E-state index is 0.194. The minimum atomic E-state index is 0.194. The Balaban J connectivity index is 1.88. The first kappa shape index (κ1) is 15.3. The summed E-state index contributed by atoms with van der Waals surface area (Å²) in [5.41, 5.74) is 6.32. The molecule has 0 aromatic heterocycles. The average Bonchev–Trinajstić information content (AvgIpc) is 2.41. The fourth-order valence-corrected chi connectivity index (χ4v) is 3.51. The van der Waals surface area contributed by atoms with Crippen molar-refractivity contribution in [2.75, 3.05) is 26.2 Å². The van der Waals surface area contributed by atoms with E-state index in [1.54, 1.807) is 0 Å². The standard InChI is InChI=1S/C16H32N2O/c1-3-10-19-15-8-5-9-18(12-15)16(2,13-17)11-14-6-4-7-14/h14-15H,3-13,17H2,1-2H3. The van der Waals surface area contributed by atoms with Gasteiger partial charge in [-0.3, -0.25) is 4.90 Å². The van der Waals surface area contributed by atoms with E-state index in [-0.39, 0.29) is 5.54 Å². The Morgan fingerprint density at radius 1 is 1.26 bits per heavy atom. The van der Waals surface area contributed by atoms with Gasteiger partial charge in [0.2, 0.25) is 0 Å². The Bertz CT molecular complexity index is 267. The van der Waals surface area contributed by atoms with Crippen LogP contribution in [0.5, 0.6) is 0 Å². The van der Waals surface area contributed by atoms with E-state index in [1.807, 2.05) is 0 Å². The van der Waals surface area contributed by atoms with Gasteiger partial charge >= 0.3 is 0 Å². The van der Waals surface area contributed by atoms with Crippen LogP contribution < -0.4 is 5.73 Å². The third kappa shape index (κ3) is 3.93. The number of rotatable bonds is 7. The highest BCUT2D eigenvalue weighted by Gasteiger charge is 2.37. The van der Waals surface area contributed by atoms with Crippen LogP contribution in [0.15, 0.2) is 0 Å². The molecule has 3 heteroatoms. The molecule has 2 unspecified atom stereocenters. The zero-order valence-electron chi connectivity index (χ0n) is 12.9. The van der Waals surface area contributed by atoms with Crippen molar-refractivity contribution < 1.29 is 4.74 Å². The zero-order chi connectivity index (χ0) is 13.7. The summed E-state index contributed by atoms with van der Waals surface area (Å²) in [6, 6.07) is 0. The summed E-state index contributed by atoms with van der Waals surface area (Å²) in [7, 11) is 0. The molecule has 1 saturated carbocycles. The second-order valence-corrected chi connectivity index (χ2v) is 6.78. The molecule has 0 spiro atoms. The van der Waals surface area contributed by atoms with Gasteiger partial charge in [0.25, 0.3) is 0 Å². The number of nitrogens with two attached hydrogens (primary N) is 1. The van der Waals surface area contributed by atoms with Crippen LogP contribution in [0.25, 0.3) is 0 Å². The number of hydrogen-bond donors (Lipinski definition) is 1. The molecule has 2 aliphatic rings. The van der Waals surface area contributed by atoms with Crippen LogP contribution in [-0.4, -0.2) is 42.8 Å². The number of piperidine rings is 1. The molecule has 0 aromatic carbocycles. The van der Waals surface area contributed by atoms with Crippen LogP contribution in [-0.2, 0) is 4.74 Å². The molecule has 112 valence electrons. The largest absolute Gasteiger partial charge is 0.377 e. The van der Waals surface area contributed by atoms with Gasteiger partial charge in [0, 0.05) is 25.2 Å². The molecule has 19 heavy (non-hydrogen) atoms. The molecule has 2 N–H and O–H groups in total. The summed E-state index contributed by atoms with van der Waals surface area (Å²) in [5, 5.41) is 0. The third-order valence-corrected chi connectivity index (χ3v) is 5.09. The molecule has 0 aromatic rings. The molecule has 1 saturated heterocycles. The van der Waals surface area contributed by atoms with Gasteiger partial charge in [-0.2, -0.15) is 0 Å². The molecular formula is C16H32N2O. The lowest BCUT2D eigenvalue weighted by Crippen LogP contribution is -2.57. The Kier molecular flexibility index (Phi) is 5.67. The van der Waals surface area contributed by atoms with E-state index >= 15 is 0 Å². The maximum absolute atomic E-state index is 6.13. The fourth-order valence-electron chi connectivity index (χ4n) is 3.51. The molecule has 0 radical (unpaired) electrons. The van der Waals surface area contributed by atoms with Gasteiger partial charge in [-0.25, -0.2) is 0 Å². The van der Waals surface area contributed by atoms with Crippen LogP contribution in [0, 0.1) is 5.92 Å². The van der Waals surface area contributed by atoms with Crippen molar-refractivity contribution in [1.82, 2.24) is 4.90 Å². The maximum Gasteiger partial charge on any atom is 0.0702 e. The highest BCUT2D eigenvalue weighted by atomic mass is 16.5. The summed E-state index contributed by atoms with van der Waals surface area (Å²) >= 11 is 0. The van der Waals surface area contributed by atoms with Gasteiger partial charge in [0.1, 0.15) is 0 Å². The highest BCUT2D eigenvalue weighted by Crippen LogP contribution is 2.36. The minimum Gasteiger partial charge on any atom is -0.377 e. The van der Waals surface area contributed by atoms with Crippen molar-refractivity contribution in [2.45, 2.75) is 70.4 Å². The van der Waals surface area contributed by atoms with Crippen LogP contribution in [0.2, 0.25) is 0 Å². The van der Waals surface area contributed by atoms with E-state index in [1.165, 1.54) is 45.1 Å². The SMILES string of the molecule is CCCOC1CCCN(C(C)(CN)CC2CCC2)C1. The Hall–Kier alpha value is -0.120. The van der Waals surface area contributed by atoms with Gasteiger partial charge in [-0.1, -0.05) is 26.2 Å². The highest BCUT2D eigenvalue weighted by molar-refractivity contribution is 4.94. The lowest BCUT2D eigenvalue weighted by atomic mass is 9.75. The average molecular weight is 268 g/mol. The number of nitrogens with zero attached hydrogens (tertiary/aromatic N) is 1. The van der Waals surface area contributed by atoms with Crippen LogP contribution >= 0.6 is 0 Å². The molecule has 2 fully saturated rings. The monoisotopic (exact) mass is 268 g/mol. The first-order valence-electron chi connectivity index (χ1n) is 8.24. The molecule has 1 aliphatic carbocycles. The molecule has 0 bridgehead atoms. The molecule has 2 atom stereocenters. The van der Waals surface area contributed by atoms with E-state index in [2.05, 4.69) is 18.7 Å². The lowest BCUT2D eigenvalue weighted by molar-refractivity contribution is -0.0405. The van der Waals surface area contributed by atoms with Crippen LogP contribution in [0.3, 0.4) is 0 Å². The topological polar surface area (TPSA) is 38.5 Å². The lowest BCUT2D eigenvalue weighted by Gasteiger charge is -2.47. The number of ether oxygens (including phenoxy) is 1. The predicted molar refractivity (Wildman–Crippen MR) is 80.3 cm³/mol. The van der Waals surface area contributed by atoms with Crippen molar-refractivity contribution in [2.24, 2.45) is 11.7 Å². The van der Waals surface area contributed by atoms with Gasteiger partial charge in [0.05, 0.1) is 6.10 Å². The second-order valence-electron chi connectivity index (χ2n) is 6.78. The molecular weight excluding hydrogens is 236 g/mol. The number of hydrogen-bond acceptors (Lipinski definition) is 3. The van der Waals surface area contributed by atoms with E-state index in [9.17, 15) is 0 Å². The summed E-state index contributed by atoms with van der Waals surface area (Å²) < 4.78 is 5.96. The van der Waals surface area contributed by atoms with E-state index in [0.29, 0.717) is 6.10 Å². The molecule has 1 heterocycles. The third-order valence-electron chi connectivity index (χ3n) is 5.09. The maximum atomic E-state index is 6.13. The number of likely N-dealkylation sites (tertiary alicyclic amines) is 1. The second kappa shape index (κ2) is 7.05. The van der Waals surface area contributed by atoms with E-state index in [4.69, 9.17) is 10.5 Å². The molecule has 2 rings (SSSR count). The van der Waals surface area contributed by atoms with Crippen molar-refractivity contribution in [1.29, 1.82) is 0 Å². The van der Waals surface area contributed by atoms with Gasteiger partial charge in [0.15, 0.2) is 0 Å². The van der Waals surface area contributed by atoms with E-state index in [0.717, 1.165) is 32.0 Å². The fraction of sp³-hybridized carbons (Fsp3) is 1.00. The van der Waals surface area contributed by atoms with Gasteiger partial charge in [-0.05, 0) is 45.1 Å². The Labute approximate surface area is 118 Å². The van der Waals surface area contributed by atoms with Crippen molar-refractivity contribution >= 4 is 0 Å². The quantitative estimate of drug-likeness (QED) is 0.771. The Morgan fingerprint density at radius 3 is 2.63 bits per heavy atom. The molecule has 0 amide bonds. The van der Waals surface area contributed by atoms with E-state index < -0.39 is 0 Å². The summed E-state index contributed by atoms with van der Waals surface area (Å²) in [6.45, 7) is 8.52. The first-order chi connectivity index (χ1) is 9.18. The Morgan fingerprint density at radius 2 is 2.05 bits per heavy atom. The van der Waals surface area contributed by atoms with Gasteiger partial charge < -0.3 is 10.5 Å². The predicted octanol–water partition coefficient (Wildman–Crippen LogP) is 2.79.